The topological polar surface area (TPSA) is 113 Å². The number of ether oxygens (including phenoxy) is 2. The molecule has 2 aromatic rings. The maximum Gasteiger partial charge on any atom is 0.338 e. The zero-order chi connectivity index (χ0) is 25.7. The predicted octanol–water partition coefficient (Wildman–Crippen LogP) is 3.52. The number of morpholine rings is 1. The second kappa shape index (κ2) is 12.0. The Morgan fingerprint density at radius 2 is 2.25 bits per heavy atom. The van der Waals surface area contributed by atoms with Crippen molar-refractivity contribution in [1.82, 2.24) is 15.2 Å². The summed E-state index contributed by atoms with van der Waals surface area (Å²) in [5.74, 6) is -1.33. The first-order valence-electron chi connectivity index (χ1n) is 11.5. The summed E-state index contributed by atoms with van der Waals surface area (Å²) in [5.41, 5.74) is 1.50. The zero-order valence-corrected chi connectivity index (χ0v) is 22.0. The molecule has 0 saturated carbocycles. The Morgan fingerprint density at radius 1 is 1.42 bits per heavy atom. The number of aromatic nitrogens is 1. The maximum absolute atomic E-state index is 13.9. The number of amidine groups is 1. The van der Waals surface area contributed by atoms with Crippen molar-refractivity contribution in [1.29, 1.82) is 0 Å². The molecule has 2 N–H and O–H groups in total. The van der Waals surface area contributed by atoms with Gasteiger partial charge in [-0.05, 0) is 31.0 Å². The molecular formula is C24H26BrFN4O5S. The summed E-state index contributed by atoms with van der Waals surface area (Å²) in [6, 6.07) is 3.35. The van der Waals surface area contributed by atoms with Crippen LogP contribution >= 0.6 is 27.3 Å². The first kappa shape index (κ1) is 26.4. The molecular weight excluding hydrogens is 555 g/mol. The first-order valence-corrected chi connectivity index (χ1v) is 13.2. The van der Waals surface area contributed by atoms with Crippen LogP contribution in [0.1, 0.15) is 36.4 Å². The molecule has 192 valence electrons. The fraction of sp³-hybridized carbons (Fsp3) is 0.417. The molecule has 0 radical (unpaired) electrons. The fourth-order valence-corrected chi connectivity index (χ4v) is 5.38. The number of nitrogens with one attached hydrogen (secondary N) is 1. The molecule has 0 amide bonds. The number of carboxylic acids is 1. The zero-order valence-electron chi connectivity index (χ0n) is 19.6. The van der Waals surface area contributed by atoms with Crippen molar-refractivity contribution in [3.05, 3.63) is 61.9 Å². The summed E-state index contributed by atoms with van der Waals surface area (Å²) in [4.78, 5) is 35.8. The molecule has 1 saturated heterocycles. The lowest BCUT2D eigenvalue weighted by Crippen LogP contribution is -2.49. The standard InChI is InChI=1S/C24H26BrFN4O5S/c1-2-35-24(33)20-18(12-30-8-9-34-13-15(30)4-6-19(31)32)28-22(23-27-7-10-36-23)29-21(20)16-5-3-14(26)11-17(16)25/h3,5,7,10-11,15,21H,2,4,6,8-9,12-13H2,1H3,(H,28,29)(H,31,32)/t15-,21-/m0/s1. The average molecular weight is 581 g/mol. The van der Waals surface area contributed by atoms with Crippen LogP contribution in [0.15, 0.2) is 50.5 Å². The van der Waals surface area contributed by atoms with Gasteiger partial charge in [-0.2, -0.15) is 0 Å². The number of hydrogen-bond donors (Lipinski definition) is 2. The van der Waals surface area contributed by atoms with E-state index in [0.29, 0.717) is 64.9 Å². The third-order valence-electron chi connectivity index (χ3n) is 5.92. The molecule has 0 bridgehead atoms. The first-order chi connectivity index (χ1) is 17.4. The number of carbonyl (C=O) groups is 2. The van der Waals surface area contributed by atoms with Gasteiger partial charge in [0.15, 0.2) is 10.8 Å². The van der Waals surface area contributed by atoms with E-state index in [1.807, 2.05) is 5.38 Å². The van der Waals surface area contributed by atoms with Gasteiger partial charge < -0.3 is 19.9 Å². The van der Waals surface area contributed by atoms with E-state index in [0.717, 1.165) is 0 Å². The highest BCUT2D eigenvalue weighted by atomic mass is 79.9. The third-order valence-corrected chi connectivity index (χ3v) is 7.38. The van der Waals surface area contributed by atoms with E-state index >= 15 is 0 Å². The Morgan fingerprint density at radius 3 is 2.94 bits per heavy atom. The van der Waals surface area contributed by atoms with Crippen LogP contribution in [0.2, 0.25) is 0 Å². The van der Waals surface area contributed by atoms with Crippen LogP contribution in [0.5, 0.6) is 0 Å². The van der Waals surface area contributed by atoms with Crippen molar-refractivity contribution in [2.75, 3.05) is 32.9 Å². The molecule has 3 heterocycles. The van der Waals surface area contributed by atoms with Crippen LogP contribution in [0.4, 0.5) is 4.39 Å². The molecule has 0 unspecified atom stereocenters. The van der Waals surface area contributed by atoms with Gasteiger partial charge in [-0.15, -0.1) is 11.3 Å². The van der Waals surface area contributed by atoms with E-state index in [2.05, 4.69) is 31.1 Å². The summed E-state index contributed by atoms with van der Waals surface area (Å²) in [5, 5.41) is 14.9. The molecule has 12 heteroatoms. The van der Waals surface area contributed by atoms with Gasteiger partial charge in [0.05, 0.1) is 25.4 Å². The van der Waals surface area contributed by atoms with Gasteiger partial charge in [-0.1, -0.05) is 22.0 Å². The highest BCUT2D eigenvalue weighted by Crippen LogP contribution is 2.37. The highest BCUT2D eigenvalue weighted by Gasteiger charge is 2.36. The molecule has 2 aliphatic rings. The highest BCUT2D eigenvalue weighted by molar-refractivity contribution is 9.10. The molecule has 1 aromatic carbocycles. The Balaban J connectivity index is 1.78. The minimum Gasteiger partial charge on any atom is -0.481 e. The molecule has 36 heavy (non-hydrogen) atoms. The number of aliphatic imine (C=N–C) groups is 1. The number of halogens is 2. The van der Waals surface area contributed by atoms with Gasteiger partial charge in [-0.3, -0.25) is 14.7 Å². The summed E-state index contributed by atoms with van der Waals surface area (Å²) in [6.45, 7) is 3.68. The summed E-state index contributed by atoms with van der Waals surface area (Å²) in [7, 11) is 0. The SMILES string of the molecule is CCOC(=O)C1=C(CN2CCOC[C@@H]2CCC(=O)O)NC(c2nccs2)=N[C@H]1c1ccc(F)cc1Br. The third kappa shape index (κ3) is 6.17. The molecule has 0 aliphatic carbocycles. The summed E-state index contributed by atoms with van der Waals surface area (Å²) >= 11 is 4.83. The van der Waals surface area contributed by atoms with E-state index in [9.17, 15) is 19.1 Å². The van der Waals surface area contributed by atoms with Crippen molar-refractivity contribution in [3.8, 4) is 0 Å². The van der Waals surface area contributed by atoms with Gasteiger partial charge in [0.2, 0.25) is 0 Å². The molecule has 9 nitrogen and oxygen atoms in total. The lowest BCUT2D eigenvalue weighted by Gasteiger charge is -2.37. The molecule has 2 aliphatic heterocycles. The molecule has 4 rings (SSSR count). The van der Waals surface area contributed by atoms with Crippen LogP contribution in [0.25, 0.3) is 0 Å². The molecule has 2 atom stereocenters. The van der Waals surface area contributed by atoms with E-state index in [1.54, 1.807) is 19.2 Å². The maximum atomic E-state index is 13.9. The Labute approximate surface area is 220 Å². The van der Waals surface area contributed by atoms with Gasteiger partial charge in [0.1, 0.15) is 11.9 Å². The number of carbonyl (C=O) groups excluding carboxylic acids is 1. The second-order valence-electron chi connectivity index (χ2n) is 8.25. The average Bonchev–Trinajstić information content (AvgIpc) is 3.38. The second-order valence-corrected chi connectivity index (χ2v) is 10.0. The van der Waals surface area contributed by atoms with Gasteiger partial charge in [0.25, 0.3) is 0 Å². The minimum absolute atomic E-state index is 0.0126. The van der Waals surface area contributed by atoms with Crippen LogP contribution in [0, 0.1) is 5.82 Å². The number of nitrogens with zero attached hydrogens (tertiary/aromatic N) is 3. The van der Waals surface area contributed by atoms with Crippen molar-refractivity contribution in [2.45, 2.75) is 31.8 Å². The number of rotatable bonds is 9. The Kier molecular flexibility index (Phi) is 8.83. The minimum atomic E-state index is -0.873. The van der Waals surface area contributed by atoms with Gasteiger partial charge in [0, 0.05) is 47.3 Å². The normalized spacial score (nSPS) is 20.6. The lowest BCUT2D eigenvalue weighted by molar-refractivity contribution is -0.139. The van der Waals surface area contributed by atoms with E-state index in [4.69, 9.17) is 14.5 Å². The van der Waals surface area contributed by atoms with Crippen LogP contribution < -0.4 is 5.32 Å². The Bertz CT molecular complexity index is 1170. The van der Waals surface area contributed by atoms with Crippen molar-refractivity contribution < 1.29 is 28.6 Å². The molecule has 1 aromatic heterocycles. The number of carboxylic acid groups (broad SMARTS) is 1. The molecule has 1 fully saturated rings. The van der Waals surface area contributed by atoms with E-state index in [-0.39, 0.29) is 19.1 Å². The van der Waals surface area contributed by atoms with Crippen LogP contribution in [0.3, 0.4) is 0 Å². The quantitative estimate of drug-likeness (QED) is 0.433. The number of esters is 1. The van der Waals surface area contributed by atoms with Crippen LogP contribution in [-0.2, 0) is 19.1 Å². The Hall–Kier alpha value is -2.67. The lowest BCUT2D eigenvalue weighted by atomic mass is 9.95. The summed E-state index contributed by atoms with van der Waals surface area (Å²) in [6.07, 6.45) is 2.09. The van der Waals surface area contributed by atoms with E-state index in [1.165, 1.54) is 23.5 Å². The van der Waals surface area contributed by atoms with Gasteiger partial charge in [-0.25, -0.2) is 14.2 Å². The molecule has 0 spiro atoms. The van der Waals surface area contributed by atoms with Crippen molar-refractivity contribution >= 4 is 45.0 Å². The largest absolute Gasteiger partial charge is 0.481 e. The van der Waals surface area contributed by atoms with Crippen molar-refractivity contribution in [2.24, 2.45) is 4.99 Å². The number of aliphatic carboxylic acids is 1. The number of benzene rings is 1. The summed E-state index contributed by atoms with van der Waals surface area (Å²) < 4.78 is 25.4. The van der Waals surface area contributed by atoms with E-state index < -0.39 is 23.8 Å². The fourth-order valence-electron chi connectivity index (χ4n) is 4.22. The predicted molar refractivity (Wildman–Crippen MR) is 135 cm³/mol. The number of thiazole rings is 1. The monoisotopic (exact) mass is 580 g/mol. The number of hydrogen-bond acceptors (Lipinski definition) is 9. The smallest absolute Gasteiger partial charge is 0.338 e. The van der Waals surface area contributed by atoms with Crippen LogP contribution in [-0.4, -0.2) is 71.7 Å². The van der Waals surface area contributed by atoms with Gasteiger partial charge >= 0.3 is 11.9 Å². The van der Waals surface area contributed by atoms with Crippen molar-refractivity contribution in [3.63, 3.8) is 0 Å².